The van der Waals surface area contributed by atoms with Gasteiger partial charge in [0.25, 0.3) is 5.91 Å². The molecule has 20 heavy (non-hydrogen) atoms. The molecule has 0 bridgehead atoms. The lowest BCUT2D eigenvalue weighted by molar-refractivity contribution is -0.119. The zero-order valence-electron chi connectivity index (χ0n) is 11.2. The summed E-state index contributed by atoms with van der Waals surface area (Å²) in [5.41, 5.74) is 5.96. The fraction of sp³-hybridized carbons (Fsp3) is 0.429. The third-order valence-electron chi connectivity index (χ3n) is 3.36. The molecule has 6 heteroatoms. The maximum Gasteiger partial charge on any atom is 0.254 e. The summed E-state index contributed by atoms with van der Waals surface area (Å²) < 4.78 is 0.966. The lowest BCUT2D eigenvalue weighted by Gasteiger charge is -2.21. The minimum atomic E-state index is -0.317. The molecule has 0 aliphatic carbocycles. The zero-order valence-corrected chi connectivity index (χ0v) is 13.4. The number of amides is 2. The van der Waals surface area contributed by atoms with Crippen molar-refractivity contribution in [2.24, 2.45) is 5.73 Å². The van der Waals surface area contributed by atoms with E-state index in [2.05, 4.69) is 22.6 Å². The van der Waals surface area contributed by atoms with E-state index in [4.69, 9.17) is 5.73 Å². The largest absolute Gasteiger partial charge is 0.369 e. The monoisotopic (exact) mass is 387 g/mol. The summed E-state index contributed by atoms with van der Waals surface area (Å²) in [6.07, 6.45) is 0.864. The van der Waals surface area contributed by atoms with Gasteiger partial charge in [0.2, 0.25) is 5.91 Å². The standard InChI is InChI=1S/C14H18IN3O2/c15-12-5-2-1-4-11(12)14(20)18-7-3-6-17(8-9-18)10-13(16)19/h1-2,4-5H,3,6-10H2,(H2,16,19). The first-order chi connectivity index (χ1) is 9.58. The molecule has 0 atom stereocenters. The number of primary amides is 1. The van der Waals surface area contributed by atoms with Gasteiger partial charge in [-0.25, -0.2) is 0 Å². The second-order valence-electron chi connectivity index (χ2n) is 4.87. The van der Waals surface area contributed by atoms with Crippen LogP contribution in [0.2, 0.25) is 0 Å². The number of nitrogens with two attached hydrogens (primary N) is 1. The summed E-state index contributed by atoms with van der Waals surface area (Å²) in [6.45, 7) is 3.12. The van der Waals surface area contributed by atoms with E-state index in [0.29, 0.717) is 13.1 Å². The smallest absolute Gasteiger partial charge is 0.254 e. The Kier molecular flexibility index (Phi) is 5.36. The number of carbonyl (C=O) groups is 2. The molecule has 0 radical (unpaired) electrons. The van der Waals surface area contributed by atoms with Gasteiger partial charge in [-0.3, -0.25) is 14.5 Å². The summed E-state index contributed by atoms with van der Waals surface area (Å²) in [5.74, 6) is -0.252. The minimum absolute atomic E-state index is 0.0657. The molecular weight excluding hydrogens is 369 g/mol. The van der Waals surface area contributed by atoms with E-state index >= 15 is 0 Å². The number of rotatable bonds is 3. The van der Waals surface area contributed by atoms with Crippen molar-refractivity contribution in [3.63, 3.8) is 0 Å². The number of hydrogen-bond acceptors (Lipinski definition) is 3. The van der Waals surface area contributed by atoms with Gasteiger partial charge in [0.15, 0.2) is 0 Å². The molecular formula is C14H18IN3O2. The van der Waals surface area contributed by atoms with E-state index in [-0.39, 0.29) is 18.4 Å². The lowest BCUT2D eigenvalue weighted by Crippen LogP contribution is -2.38. The number of hydrogen-bond donors (Lipinski definition) is 1. The number of carbonyl (C=O) groups excluding carboxylic acids is 2. The van der Waals surface area contributed by atoms with Crippen LogP contribution in [0.1, 0.15) is 16.8 Å². The van der Waals surface area contributed by atoms with Crippen LogP contribution < -0.4 is 5.73 Å². The molecule has 2 amide bonds. The zero-order chi connectivity index (χ0) is 14.5. The summed E-state index contributed by atoms with van der Waals surface area (Å²) in [6, 6.07) is 7.60. The quantitative estimate of drug-likeness (QED) is 0.785. The second kappa shape index (κ2) is 7.03. The van der Waals surface area contributed by atoms with Crippen LogP contribution in [0.15, 0.2) is 24.3 Å². The Hall–Kier alpha value is -1.15. The first-order valence-electron chi connectivity index (χ1n) is 6.62. The molecule has 1 saturated heterocycles. The highest BCUT2D eigenvalue weighted by molar-refractivity contribution is 14.1. The van der Waals surface area contributed by atoms with E-state index in [1.807, 2.05) is 34.1 Å². The molecule has 1 heterocycles. The van der Waals surface area contributed by atoms with Crippen LogP contribution >= 0.6 is 22.6 Å². The Morgan fingerprint density at radius 1 is 1.15 bits per heavy atom. The average Bonchev–Trinajstić information content (AvgIpc) is 2.63. The Balaban J connectivity index is 2.02. The van der Waals surface area contributed by atoms with E-state index in [0.717, 1.165) is 28.6 Å². The summed E-state index contributed by atoms with van der Waals surface area (Å²) in [7, 11) is 0. The third-order valence-corrected chi connectivity index (χ3v) is 4.30. The number of benzene rings is 1. The molecule has 1 aliphatic heterocycles. The van der Waals surface area contributed by atoms with Gasteiger partial charge in [0, 0.05) is 29.7 Å². The molecule has 108 valence electrons. The van der Waals surface area contributed by atoms with Gasteiger partial charge >= 0.3 is 0 Å². The molecule has 5 nitrogen and oxygen atoms in total. The van der Waals surface area contributed by atoms with Crippen LogP contribution in [0.25, 0.3) is 0 Å². The van der Waals surface area contributed by atoms with Gasteiger partial charge in [-0.1, -0.05) is 12.1 Å². The maximum atomic E-state index is 12.5. The molecule has 1 aromatic carbocycles. The van der Waals surface area contributed by atoms with Crippen LogP contribution in [0.5, 0.6) is 0 Å². The number of halogens is 1. The van der Waals surface area contributed by atoms with Crippen molar-refractivity contribution in [3.05, 3.63) is 33.4 Å². The first kappa shape index (κ1) is 15.2. The molecule has 0 saturated carbocycles. The Morgan fingerprint density at radius 2 is 1.90 bits per heavy atom. The lowest BCUT2D eigenvalue weighted by atomic mass is 10.2. The van der Waals surface area contributed by atoms with Gasteiger partial charge in [-0.2, -0.15) is 0 Å². The molecule has 1 aliphatic rings. The van der Waals surface area contributed by atoms with Crippen molar-refractivity contribution >= 4 is 34.4 Å². The molecule has 0 unspecified atom stereocenters. The predicted molar refractivity (Wildman–Crippen MR) is 85.3 cm³/mol. The minimum Gasteiger partial charge on any atom is -0.369 e. The second-order valence-corrected chi connectivity index (χ2v) is 6.03. The van der Waals surface area contributed by atoms with Gasteiger partial charge in [-0.05, 0) is 41.1 Å². The van der Waals surface area contributed by atoms with Gasteiger partial charge in [0.1, 0.15) is 0 Å². The maximum absolute atomic E-state index is 12.5. The SMILES string of the molecule is NC(=O)CN1CCCN(C(=O)c2ccccc2I)CC1. The number of nitrogens with zero attached hydrogens (tertiary/aromatic N) is 2. The van der Waals surface area contributed by atoms with Crippen LogP contribution in [-0.4, -0.2) is 54.3 Å². The summed E-state index contributed by atoms with van der Waals surface area (Å²) in [5, 5.41) is 0. The van der Waals surface area contributed by atoms with Crippen molar-refractivity contribution in [1.82, 2.24) is 9.80 Å². The fourth-order valence-electron chi connectivity index (χ4n) is 2.36. The molecule has 2 rings (SSSR count). The van der Waals surface area contributed by atoms with E-state index in [9.17, 15) is 9.59 Å². The Labute approximate surface area is 132 Å². The average molecular weight is 387 g/mol. The van der Waals surface area contributed by atoms with Crippen molar-refractivity contribution in [3.8, 4) is 0 Å². The molecule has 0 aromatic heterocycles. The van der Waals surface area contributed by atoms with Crippen LogP contribution in [0.4, 0.5) is 0 Å². The first-order valence-corrected chi connectivity index (χ1v) is 7.70. The van der Waals surface area contributed by atoms with Crippen LogP contribution in [0, 0.1) is 3.57 Å². The third kappa shape index (κ3) is 3.92. The van der Waals surface area contributed by atoms with Crippen molar-refractivity contribution in [2.75, 3.05) is 32.7 Å². The van der Waals surface area contributed by atoms with Crippen LogP contribution in [-0.2, 0) is 4.79 Å². The Morgan fingerprint density at radius 3 is 2.60 bits per heavy atom. The van der Waals surface area contributed by atoms with Crippen molar-refractivity contribution in [1.29, 1.82) is 0 Å². The van der Waals surface area contributed by atoms with E-state index < -0.39 is 0 Å². The Bertz CT molecular complexity index is 507. The van der Waals surface area contributed by atoms with Crippen LogP contribution in [0.3, 0.4) is 0 Å². The van der Waals surface area contributed by atoms with Crippen molar-refractivity contribution < 1.29 is 9.59 Å². The highest BCUT2D eigenvalue weighted by atomic mass is 127. The highest BCUT2D eigenvalue weighted by Gasteiger charge is 2.21. The van der Waals surface area contributed by atoms with Crippen molar-refractivity contribution in [2.45, 2.75) is 6.42 Å². The van der Waals surface area contributed by atoms with E-state index in [1.165, 1.54) is 0 Å². The summed E-state index contributed by atoms with van der Waals surface area (Å²) in [4.78, 5) is 27.3. The van der Waals surface area contributed by atoms with Gasteiger partial charge < -0.3 is 10.6 Å². The highest BCUT2D eigenvalue weighted by Crippen LogP contribution is 2.15. The molecule has 2 N–H and O–H groups in total. The van der Waals surface area contributed by atoms with Gasteiger partial charge in [0.05, 0.1) is 12.1 Å². The predicted octanol–water partition coefficient (Wildman–Crippen LogP) is 0.924. The molecule has 1 aromatic rings. The fourth-order valence-corrected chi connectivity index (χ4v) is 2.98. The van der Waals surface area contributed by atoms with E-state index in [1.54, 1.807) is 0 Å². The molecule has 0 spiro atoms. The summed E-state index contributed by atoms with van der Waals surface area (Å²) >= 11 is 2.18. The normalized spacial score (nSPS) is 16.8. The topological polar surface area (TPSA) is 66.6 Å². The van der Waals surface area contributed by atoms with Gasteiger partial charge in [-0.15, -0.1) is 0 Å². The molecule has 1 fully saturated rings.